The smallest absolute Gasteiger partial charge is 0.314 e. The summed E-state index contributed by atoms with van der Waals surface area (Å²) in [6.07, 6.45) is 17.8. The van der Waals surface area contributed by atoms with Gasteiger partial charge in [-0.15, -0.1) is 0 Å². The molecule has 0 saturated carbocycles. The highest BCUT2D eigenvalue weighted by Gasteiger charge is 2.38. The molecule has 0 aromatic rings. The topological polar surface area (TPSA) is 83.5 Å². The van der Waals surface area contributed by atoms with Crippen LogP contribution in [0, 0.1) is 5.92 Å². The Morgan fingerprint density at radius 3 is 1.94 bits per heavy atom. The van der Waals surface area contributed by atoms with Crippen LogP contribution in [0.15, 0.2) is 0 Å². The minimum Gasteiger partial charge on any atom is -0.748 e. The first-order valence-corrected chi connectivity index (χ1v) is 14.8. The summed E-state index contributed by atoms with van der Waals surface area (Å²) in [5, 5.41) is 0. The number of likely N-dealkylation sites (tertiary alicyclic amines) is 1. The Bertz CT molecular complexity index is 595. The van der Waals surface area contributed by atoms with Crippen LogP contribution < -0.4 is 0 Å². The molecule has 1 rings (SSSR count). The predicted molar refractivity (Wildman–Crippen MR) is 129 cm³/mol. The van der Waals surface area contributed by atoms with Gasteiger partial charge < -0.3 is 13.8 Å². The second-order valence-corrected chi connectivity index (χ2v) is 11.3. The number of quaternary nitrogens is 1. The van der Waals surface area contributed by atoms with Crippen LogP contribution >= 0.6 is 0 Å². The van der Waals surface area contributed by atoms with Crippen molar-refractivity contribution in [2.75, 3.05) is 38.5 Å². The van der Waals surface area contributed by atoms with Gasteiger partial charge in [0, 0.05) is 12.2 Å². The number of carbonyl (C=O) groups excluding carboxylic acids is 1. The third-order valence-corrected chi connectivity index (χ3v) is 7.71. The van der Waals surface area contributed by atoms with Gasteiger partial charge in [-0.05, 0) is 32.6 Å². The molecule has 1 fully saturated rings. The molecular formula is C25H49NO5S. The standard InChI is InChI=1S/C25H49NO5S/c1-3-5-6-7-8-9-10-11-12-13-14-15-19-26(21-17-22-32(28,29)30)20-16-18-24(23-26)25(27)31-4-2/h24H,3-23H2,1-2H3. The Hall–Kier alpha value is -0.660. The molecule has 1 heterocycles. The van der Waals surface area contributed by atoms with Crippen molar-refractivity contribution in [2.24, 2.45) is 5.92 Å². The third kappa shape index (κ3) is 13.8. The average Bonchev–Trinajstić information content (AvgIpc) is 2.74. The summed E-state index contributed by atoms with van der Waals surface area (Å²) in [5.41, 5.74) is 0. The fraction of sp³-hybridized carbons (Fsp3) is 0.960. The number of carbonyl (C=O) groups is 1. The minimum absolute atomic E-state index is 0.107. The van der Waals surface area contributed by atoms with E-state index in [1.165, 1.54) is 70.6 Å². The number of esters is 1. The van der Waals surface area contributed by atoms with Gasteiger partial charge >= 0.3 is 5.97 Å². The number of hydrogen-bond acceptors (Lipinski definition) is 5. The lowest BCUT2D eigenvalue weighted by Crippen LogP contribution is -2.56. The molecule has 0 N–H and O–H groups in total. The Labute approximate surface area is 197 Å². The molecule has 0 radical (unpaired) electrons. The van der Waals surface area contributed by atoms with Crippen LogP contribution in [0.2, 0.25) is 0 Å². The Morgan fingerprint density at radius 1 is 0.875 bits per heavy atom. The van der Waals surface area contributed by atoms with E-state index in [1.54, 1.807) is 0 Å². The van der Waals surface area contributed by atoms with Gasteiger partial charge in [0.25, 0.3) is 0 Å². The molecule has 6 nitrogen and oxygen atoms in total. The van der Waals surface area contributed by atoms with Gasteiger partial charge in [0.2, 0.25) is 0 Å². The van der Waals surface area contributed by atoms with Crippen molar-refractivity contribution < 1.29 is 27.0 Å². The molecule has 1 aliphatic heterocycles. The zero-order valence-electron chi connectivity index (χ0n) is 20.8. The largest absolute Gasteiger partial charge is 0.748 e. The van der Waals surface area contributed by atoms with E-state index >= 15 is 0 Å². The van der Waals surface area contributed by atoms with Crippen molar-refractivity contribution >= 4 is 16.1 Å². The summed E-state index contributed by atoms with van der Waals surface area (Å²) >= 11 is 0. The van der Waals surface area contributed by atoms with Gasteiger partial charge in [-0.3, -0.25) is 4.79 Å². The average molecular weight is 476 g/mol. The quantitative estimate of drug-likeness (QED) is 0.108. The van der Waals surface area contributed by atoms with Crippen LogP contribution in [0.5, 0.6) is 0 Å². The van der Waals surface area contributed by atoms with Gasteiger partial charge in [0.05, 0.1) is 42.9 Å². The van der Waals surface area contributed by atoms with Gasteiger partial charge in [-0.1, -0.05) is 71.1 Å². The molecule has 2 atom stereocenters. The summed E-state index contributed by atoms with van der Waals surface area (Å²) in [6.45, 7) is 7.78. The van der Waals surface area contributed by atoms with E-state index in [1.807, 2.05) is 6.92 Å². The second-order valence-electron chi connectivity index (χ2n) is 9.79. The number of unbranched alkanes of at least 4 members (excludes halogenated alkanes) is 11. The molecule has 190 valence electrons. The highest BCUT2D eigenvalue weighted by molar-refractivity contribution is 7.85. The first-order chi connectivity index (χ1) is 15.3. The van der Waals surface area contributed by atoms with E-state index in [-0.39, 0.29) is 17.6 Å². The Balaban J connectivity index is 2.36. The van der Waals surface area contributed by atoms with Crippen LogP contribution in [-0.4, -0.2) is 62.0 Å². The van der Waals surface area contributed by atoms with E-state index < -0.39 is 10.1 Å². The molecule has 0 aromatic carbocycles. The first-order valence-electron chi connectivity index (χ1n) is 13.3. The summed E-state index contributed by atoms with van der Waals surface area (Å²) in [4.78, 5) is 12.3. The van der Waals surface area contributed by atoms with Gasteiger partial charge in [0.15, 0.2) is 0 Å². The zero-order valence-corrected chi connectivity index (χ0v) is 21.6. The molecule has 1 aliphatic rings. The fourth-order valence-corrected chi connectivity index (χ4v) is 5.64. The van der Waals surface area contributed by atoms with Crippen LogP contribution in [0.4, 0.5) is 0 Å². The first kappa shape index (κ1) is 29.4. The van der Waals surface area contributed by atoms with Gasteiger partial charge in [0.1, 0.15) is 5.92 Å². The van der Waals surface area contributed by atoms with Gasteiger partial charge in [-0.25, -0.2) is 8.42 Å². The number of rotatable bonds is 19. The number of hydrogen-bond donors (Lipinski definition) is 0. The maximum Gasteiger partial charge on any atom is 0.314 e. The molecule has 0 aromatic heterocycles. The Morgan fingerprint density at radius 2 is 1.41 bits per heavy atom. The lowest BCUT2D eigenvalue weighted by atomic mass is 9.94. The zero-order chi connectivity index (χ0) is 23.7. The summed E-state index contributed by atoms with van der Waals surface area (Å²) < 4.78 is 39.2. The highest BCUT2D eigenvalue weighted by atomic mass is 32.2. The van der Waals surface area contributed by atoms with E-state index in [9.17, 15) is 17.8 Å². The highest BCUT2D eigenvalue weighted by Crippen LogP contribution is 2.27. The molecule has 0 bridgehead atoms. The van der Waals surface area contributed by atoms with E-state index in [4.69, 9.17) is 4.74 Å². The SMILES string of the molecule is CCCCCCCCCCCCCC[N+]1(CCCS(=O)(=O)[O-])CCCC(C(=O)OCC)C1. The summed E-state index contributed by atoms with van der Waals surface area (Å²) in [7, 11) is -4.19. The maximum atomic E-state index is 12.3. The molecular weight excluding hydrogens is 426 g/mol. The maximum absolute atomic E-state index is 12.3. The normalized spacial score (nSPS) is 21.5. The van der Waals surface area contributed by atoms with Gasteiger partial charge in [-0.2, -0.15) is 0 Å². The minimum atomic E-state index is -4.19. The molecule has 32 heavy (non-hydrogen) atoms. The summed E-state index contributed by atoms with van der Waals surface area (Å²) in [5.74, 6) is -0.541. The van der Waals surface area contributed by atoms with Crippen LogP contribution in [-0.2, 0) is 19.6 Å². The second kappa shape index (κ2) is 16.9. The monoisotopic (exact) mass is 475 g/mol. The third-order valence-electron chi connectivity index (χ3n) is 6.93. The van der Waals surface area contributed by atoms with Crippen molar-refractivity contribution in [3.63, 3.8) is 0 Å². The lowest BCUT2D eigenvalue weighted by molar-refractivity contribution is -0.935. The number of piperidine rings is 1. The molecule has 2 unspecified atom stereocenters. The van der Waals surface area contributed by atoms with Crippen molar-refractivity contribution in [2.45, 2.75) is 110 Å². The number of ether oxygens (including phenoxy) is 1. The van der Waals surface area contributed by atoms with Crippen molar-refractivity contribution in [3.05, 3.63) is 0 Å². The lowest BCUT2D eigenvalue weighted by Gasteiger charge is -2.44. The molecule has 0 amide bonds. The van der Waals surface area contributed by atoms with E-state index in [2.05, 4.69) is 6.92 Å². The van der Waals surface area contributed by atoms with Crippen molar-refractivity contribution in [3.8, 4) is 0 Å². The predicted octanol–water partition coefficient (Wildman–Crippen LogP) is 5.41. The van der Waals surface area contributed by atoms with Crippen LogP contribution in [0.1, 0.15) is 110 Å². The molecule has 7 heteroatoms. The fourth-order valence-electron chi connectivity index (χ4n) is 5.16. The van der Waals surface area contributed by atoms with E-state index in [0.717, 1.165) is 43.4 Å². The number of nitrogens with zero attached hydrogens (tertiary/aromatic N) is 1. The van der Waals surface area contributed by atoms with E-state index in [0.29, 0.717) is 19.6 Å². The molecule has 0 spiro atoms. The molecule has 1 saturated heterocycles. The van der Waals surface area contributed by atoms with Crippen molar-refractivity contribution in [1.29, 1.82) is 0 Å². The summed E-state index contributed by atoms with van der Waals surface area (Å²) in [6, 6.07) is 0. The van der Waals surface area contributed by atoms with Crippen molar-refractivity contribution in [1.82, 2.24) is 0 Å². The van der Waals surface area contributed by atoms with Crippen LogP contribution in [0.3, 0.4) is 0 Å². The Kier molecular flexibility index (Phi) is 15.5. The van der Waals surface area contributed by atoms with Crippen LogP contribution in [0.25, 0.3) is 0 Å². The molecule has 0 aliphatic carbocycles.